The summed E-state index contributed by atoms with van der Waals surface area (Å²) in [4.78, 5) is 47.3. The van der Waals surface area contributed by atoms with Gasteiger partial charge in [0, 0.05) is 51.9 Å². The first-order valence-electron chi connectivity index (χ1n) is 21.2. The molecule has 0 aromatic heterocycles. The molecule has 4 amide bonds. The molecule has 0 bridgehead atoms. The molecule has 0 atom stereocenters. The monoisotopic (exact) mass is 759 g/mol. The molecule has 10 nitrogen and oxygen atoms in total. The van der Waals surface area contributed by atoms with Crippen LogP contribution in [0, 0.1) is 23.7 Å². The van der Waals surface area contributed by atoms with Crippen molar-refractivity contribution in [3.63, 3.8) is 0 Å². The molecule has 0 saturated carbocycles. The van der Waals surface area contributed by atoms with Gasteiger partial charge in [-0.3, -0.25) is 9.59 Å². The lowest BCUT2D eigenvalue weighted by Crippen LogP contribution is -2.33. The van der Waals surface area contributed by atoms with E-state index in [9.17, 15) is 19.2 Å². The van der Waals surface area contributed by atoms with Crippen molar-refractivity contribution >= 4 is 24.0 Å². The highest BCUT2D eigenvalue weighted by atomic mass is 16.6. The molecule has 0 aromatic carbocycles. The molecule has 54 heavy (non-hydrogen) atoms. The standard InChI is InChI=1S/C44H78N4O6/c1-43(2,3)53-41(51)47-37-31-25-23-29-35-45-39(49)33-27-21-19-17-15-13-11-9-7-8-10-12-14-16-18-20-22-28-34-40(50)46-36-30-24-26-32-38-48-42(52)54-44(4,5)6/h11-38H2,1-6H3,(H,45,49)(H,46,50)(H,47,51)(H,48,52). The lowest BCUT2D eigenvalue weighted by molar-refractivity contribution is -0.122. The Bertz CT molecular complexity index is 1030. The fourth-order valence-electron chi connectivity index (χ4n) is 5.47. The van der Waals surface area contributed by atoms with E-state index in [1.807, 2.05) is 41.5 Å². The van der Waals surface area contributed by atoms with Gasteiger partial charge in [0.25, 0.3) is 0 Å². The Morgan fingerprint density at radius 1 is 0.389 bits per heavy atom. The number of carbonyl (C=O) groups excluding carboxylic acids is 4. The maximum Gasteiger partial charge on any atom is 0.407 e. The van der Waals surface area contributed by atoms with Crippen molar-refractivity contribution in [1.29, 1.82) is 0 Å². The first-order chi connectivity index (χ1) is 25.8. The van der Waals surface area contributed by atoms with Crippen molar-refractivity contribution in [3.8, 4) is 23.7 Å². The molecule has 0 aliphatic heterocycles. The SMILES string of the molecule is CC(C)(C)OC(=O)NCCCCCCNC(=O)CCCCCCCCC#CC#CCCCCCCCCC(=O)NCCCCCCNC(=O)OC(C)(C)C. The molecule has 0 heterocycles. The average Bonchev–Trinajstić information content (AvgIpc) is 3.08. The highest BCUT2D eigenvalue weighted by Gasteiger charge is 2.16. The maximum atomic E-state index is 12.0. The average molecular weight is 759 g/mol. The number of rotatable bonds is 30. The fraction of sp³-hybridized carbons (Fsp3) is 0.818. The van der Waals surface area contributed by atoms with E-state index in [1.54, 1.807) is 0 Å². The van der Waals surface area contributed by atoms with E-state index in [2.05, 4.69) is 44.9 Å². The van der Waals surface area contributed by atoms with Crippen molar-refractivity contribution in [2.45, 2.75) is 207 Å². The van der Waals surface area contributed by atoms with E-state index in [1.165, 1.54) is 25.7 Å². The van der Waals surface area contributed by atoms with Crippen molar-refractivity contribution in [1.82, 2.24) is 21.3 Å². The predicted octanol–water partition coefficient (Wildman–Crippen LogP) is 9.64. The van der Waals surface area contributed by atoms with Gasteiger partial charge in [0.2, 0.25) is 11.8 Å². The van der Waals surface area contributed by atoms with Gasteiger partial charge in [-0.05, 0) is 105 Å². The Morgan fingerprint density at radius 3 is 1.00 bits per heavy atom. The van der Waals surface area contributed by atoms with Crippen LogP contribution in [0.15, 0.2) is 0 Å². The number of carbonyl (C=O) groups is 4. The second-order valence-electron chi connectivity index (χ2n) is 16.2. The Morgan fingerprint density at radius 2 is 0.667 bits per heavy atom. The lowest BCUT2D eigenvalue weighted by atomic mass is 10.1. The van der Waals surface area contributed by atoms with Gasteiger partial charge in [-0.15, -0.1) is 0 Å². The minimum Gasteiger partial charge on any atom is -0.444 e. The number of unbranched alkanes of at least 4 members (excludes halogenated alkanes) is 18. The Balaban J connectivity index is 3.43. The molecule has 0 spiro atoms. The van der Waals surface area contributed by atoms with Gasteiger partial charge >= 0.3 is 12.2 Å². The molecule has 4 N–H and O–H groups in total. The molecular formula is C44H78N4O6. The van der Waals surface area contributed by atoms with Crippen LogP contribution in [-0.4, -0.2) is 61.4 Å². The smallest absolute Gasteiger partial charge is 0.407 e. The van der Waals surface area contributed by atoms with Crippen molar-refractivity contribution < 1.29 is 28.7 Å². The molecule has 0 fully saturated rings. The zero-order chi connectivity index (χ0) is 40.2. The minimum atomic E-state index is -0.472. The van der Waals surface area contributed by atoms with Gasteiger partial charge in [-0.1, -0.05) is 88.9 Å². The summed E-state index contributed by atoms with van der Waals surface area (Å²) in [6.07, 6.45) is 23.4. The van der Waals surface area contributed by atoms with Crippen LogP contribution < -0.4 is 21.3 Å². The number of nitrogens with one attached hydrogen (secondary N) is 4. The molecule has 0 saturated heterocycles. The van der Waals surface area contributed by atoms with Gasteiger partial charge in [-0.2, -0.15) is 0 Å². The molecule has 0 rings (SSSR count). The molecule has 10 heteroatoms. The third-order valence-electron chi connectivity index (χ3n) is 8.34. The van der Waals surface area contributed by atoms with E-state index in [0.717, 1.165) is 129 Å². The fourth-order valence-corrected chi connectivity index (χ4v) is 5.47. The summed E-state index contributed by atoms with van der Waals surface area (Å²) in [6, 6.07) is 0. The first kappa shape index (κ1) is 50.6. The topological polar surface area (TPSA) is 135 Å². The summed E-state index contributed by atoms with van der Waals surface area (Å²) < 4.78 is 10.4. The van der Waals surface area contributed by atoms with Gasteiger partial charge in [-0.25, -0.2) is 9.59 Å². The molecule has 0 aliphatic carbocycles. The minimum absolute atomic E-state index is 0.149. The van der Waals surface area contributed by atoms with Gasteiger partial charge in [0.05, 0.1) is 0 Å². The number of amides is 4. The van der Waals surface area contributed by atoms with Crippen molar-refractivity contribution in [2.75, 3.05) is 26.2 Å². The quantitative estimate of drug-likeness (QED) is 0.0426. The Hall–Kier alpha value is -3.40. The number of alkyl carbamates (subject to hydrolysis) is 2. The van der Waals surface area contributed by atoms with Crippen LogP contribution in [0.2, 0.25) is 0 Å². The summed E-state index contributed by atoms with van der Waals surface area (Å²) >= 11 is 0. The van der Waals surface area contributed by atoms with E-state index in [-0.39, 0.29) is 24.0 Å². The van der Waals surface area contributed by atoms with Crippen LogP contribution >= 0.6 is 0 Å². The van der Waals surface area contributed by atoms with Gasteiger partial charge < -0.3 is 30.7 Å². The third kappa shape index (κ3) is 41.4. The largest absolute Gasteiger partial charge is 0.444 e. The predicted molar refractivity (Wildman–Crippen MR) is 221 cm³/mol. The highest BCUT2D eigenvalue weighted by Crippen LogP contribution is 2.11. The molecular weight excluding hydrogens is 681 g/mol. The van der Waals surface area contributed by atoms with E-state index < -0.39 is 11.2 Å². The van der Waals surface area contributed by atoms with Crippen LogP contribution in [-0.2, 0) is 19.1 Å². The molecule has 0 unspecified atom stereocenters. The van der Waals surface area contributed by atoms with E-state index in [0.29, 0.717) is 25.9 Å². The van der Waals surface area contributed by atoms with Crippen LogP contribution in [0.5, 0.6) is 0 Å². The van der Waals surface area contributed by atoms with Crippen molar-refractivity contribution in [3.05, 3.63) is 0 Å². The number of hydrogen-bond donors (Lipinski definition) is 4. The summed E-state index contributed by atoms with van der Waals surface area (Å²) in [7, 11) is 0. The zero-order valence-corrected chi connectivity index (χ0v) is 35.2. The Kier molecular flexibility index (Phi) is 32.0. The molecule has 0 aromatic rings. The maximum absolute atomic E-state index is 12.0. The zero-order valence-electron chi connectivity index (χ0n) is 35.2. The lowest BCUT2D eigenvalue weighted by Gasteiger charge is -2.19. The Labute approximate surface area is 330 Å². The van der Waals surface area contributed by atoms with Crippen LogP contribution in [0.25, 0.3) is 0 Å². The van der Waals surface area contributed by atoms with Gasteiger partial charge in [0.1, 0.15) is 11.2 Å². The summed E-state index contributed by atoms with van der Waals surface area (Å²) in [5, 5.41) is 11.6. The molecule has 310 valence electrons. The summed E-state index contributed by atoms with van der Waals surface area (Å²) in [5.74, 6) is 12.6. The highest BCUT2D eigenvalue weighted by molar-refractivity contribution is 5.76. The first-order valence-corrected chi connectivity index (χ1v) is 21.2. The molecule has 0 aliphatic rings. The number of ether oxygens (including phenoxy) is 2. The van der Waals surface area contributed by atoms with E-state index >= 15 is 0 Å². The van der Waals surface area contributed by atoms with Gasteiger partial charge in [0.15, 0.2) is 0 Å². The second kappa shape index (κ2) is 34.1. The van der Waals surface area contributed by atoms with Crippen molar-refractivity contribution in [2.24, 2.45) is 0 Å². The molecule has 0 radical (unpaired) electrons. The summed E-state index contributed by atoms with van der Waals surface area (Å²) in [5.41, 5.74) is -0.944. The third-order valence-corrected chi connectivity index (χ3v) is 8.34. The normalized spacial score (nSPS) is 11.0. The van der Waals surface area contributed by atoms with E-state index in [4.69, 9.17) is 9.47 Å². The second-order valence-corrected chi connectivity index (χ2v) is 16.2. The number of hydrogen-bond acceptors (Lipinski definition) is 6. The summed E-state index contributed by atoms with van der Waals surface area (Å²) in [6.45, 7) is 13.8. The van der Waals surface area contributed by atoms with Crippen LogP contribution in [0.3, 0.4) is 0 Å². The van der Waals surface area contributed by atoms with Crippen LogP contribution in [0.1, 0.15) is 196 Å². The van der Waals surface area contributed by atoms with Crippen LogP contribution in [0.4, 0.5) is 9.59 Å².